The van der Waals surface area contributed by atoms with Gasteiger partial charge in [-0.3, -0.25) is 0 Å². The van der Waals surface area contributed by atoms with Gasteiger partial charge in [0.05, 0.1) is 14.2 Å². The van der Waals surface area contributed by atoms with Crippen LogP contribution in [0.1, 0.15) is 0 Å². The van der Waals surface area contributed by atoms with Gasteiger partial charge >= 0.3 is 10.9 Å². The molecule has 4 nitrogen and oxygen atoms in total. The van der Waals surface area contributed by atoms with Crippen molar-refractivity contribution in [2.45, 2.75) is 19.6 Å². The monoisotopic (exact) mass is 295 g/mol. The molecule has 0 aliphatic carbocycles. The predicted octanol–water partition coefficient (Wildman–Crippen LogP) is 2.43. The van der Waals surface area contributed by atoms with Crippen molar-refractivity contribution in [2.75, 3.05) is 14.2 Å². The standard InChI is InChI=1S/C10H18O4S2Si/c1-13-9(11)7(15)8(10(12)14-2)16-6-17(3,4)5/h6H,1-5H3,(H2-,11,12,15)/p+1/b9-7-,10-8-. The van der Waals surface area contributed by atoms with Gasteiger partial charge in [-0.15, -0.1) is 12.6 Å². The van der Waals surface area contributed by atoms with Crippen LogP contribution in [0.5, 0.6) is 0 Å². The van der Waals surface area contributed by atoms with E-state index in [9.17, 15) is 10.2 Å². The van der Waals surface area contributed by atoms with Gasteiger partial charge in [-0.1, -0.05) is 19.6 Å². The van der Waals surface area contributed by atoms with Crippen LogP contribution in [0.2, 0.25) is 19.6 Å². The Kier molecular flexibility index (Phi) is 6.65. The molecule has 0 fully saturated rings. The molecular weight excluding hydrogens is 276 g/mol. The normalized spacial score (nSPS) is 15.4. The predicted molar refractivity (Wildman–Crippen MR) is 79.1 cm³/mol. The summed E-state index contributed by atoms with van der Waals surface area (Å²) in [5.74, 6) is -0.651. The Bertz CT molecular complexity index is 356. The highest BCUT2D eigenvalue weighted by molar-refractivity contribution is 7.90. The van der Waals surface area contributed by atoms with Gasteiger partial charge in [-0.05, 0) is 0 Å². The Hall–Kier alpha value is -0.663. The van der Waals surface area contributed by atoms with E-state index in [1.807, 2.05) is 4.99 Å². The van der Waals surface area contributed by atoms with Crippen molar-refractivity contribution in [3.63, 3.8) is 0 Å². The molecule has 98 valence electrons. The van der Waals surface area contributed by atoms with Crippen LogP contribution in [0.15, 0.2) is 21.7 Å². The summed E-state index contributed by atoms with van der Waals surface area (Å²) in [6, 6.07) is 0. The van der Waals surface area contributed by atoms with Crippen molar-refractivity contribution in [1.29, 1.82) is 0 Å². The average molecular weight is 295 g/mol. The summed E-state index contributed by atoms with van der Waals surface area (Å²) >= 11 is 5.38. The third kappa shape index (κ3) is 5.99. The van der Waals surface area contributed by atoms with Crippen molar-refractivity contribution >= 4 is 37.0 Å². The Balaban J connectivity index is 5.43. The molecule has 17 heavy (non-hydrogen) atoms. The molecule has 0 saturated carbocycles. The molecule has 0 unspecified atom stereocenters. The third-order valence-electron chi connectivity index (χ3n) is 1.53. The number of aliphatic hydroxyl groups excluding tert-OH is 2. The molecule has 0 atom stereocenters. The summed E-state index contributed by atoms with van der Waals surface area (Å²) in [5.41, 5.74) is 0. The fourth-order valence-electron chi connectivity index (χ4n) is 0.730. The molecule has 2 N–H and O–H groups in total. The van der Waals surface area contributed by atoms with E-state index in [4.69, 9.17) is 4.74 Å². The van der Waals surface area contributed by atoms with Crippen LogP contribution in [0.25, 0.3) is 0 Å². The zero-order valence-corrected chi connectivity index (χ0v) is 13.4. The van der Waals surface area contributed by atoms with Gasteiger partial charge in [0.15, 0.2) is 4.91 Å². The molecule has 0 heterocycles. The van der Waals surface area contributed by atoms with Crippen LogP contribution in [-0.4, -0.2) is 37.5 Å². The minimum atomic E-state index is -1.41. The Labute approximate surface area is 112 Å². The van der Waals surface area contributed by atoms with Crippen LogP contribution in [-0.2, 0) is 20.8 Å². The van der Waals surface area contributed by atoms with Crippen LogP contribution in [0.3, 0.4) is 0 Å². The summed E-state index contributed by atoms with van der Waals surface area (Å²) in [6.07, 6.45) is 0. The lowest BCUT2D eigenvalue weighted by Gasteiger charge is -2.02. The zero-order valence-electron chi connectivity index (χ0n) is 10.6. The molecular formula is C10H19O4S2Si+. The highest BCUT2D eigenvalue weighted by Crippen LogP contribution is 2.21. The summed E-state index contributed by atoms with van der Waals surface area (Å²) in [4.78, 5) is 2.51. The lowest BCUT2D eigenvalue weighted by Crippen LogP contribution is -2.23. The molecule has 7 heteroatoms. The van der Waals surface area contributed by atoms with E-state index >= 15 is 0 Å². The molecule has 0 saturated heterocycles. The minimum Gasteiger partial charge on any atom is -0.480 e. The fraction of sp³-hybridized carbons (Fsp3) is 0.500. The number of aliphatic hydroxyl groups is 2. The molecule has 0 aliphatic rings. The van der Waals surface area contributed by atoms with Gasteiger partial charge in [-0.25, -0.2) is 0 Å². The van der Waals surface area contributed by atoms with Gasteiger partial charge < -0.3 is 19.7 Å². The van der Waals surface area contributed by atoms with E-state index in [0.29, 0.717) is 4.91 Å². The minimum absolute atomic E-state index is 0.145. The van der Waals surface area contributed by atoms with Crippen molar-refractivity contribution in [2.24, 2.45) is 0 Å². The number of methoxy groups -OCH3 is 2. The third-order valence-corrected chi connectivity index (χ3v) is 6.01. The second-order valence-electron chi connectivity index (χ2n) is 4.30. The lowest BCUT2D eigenvalue weighted by atomic mass is 10.5. The van der Waals surface area contributed by atoms with Crippen LogP contribution < -0.4 is 0 Å². The first-order valence-corrected chi connectivity index (χ1v) is 9.78. The topological polar surface area (TPSA) is 58.9 Å². The molecule has 0 bridgehead atoms. The van der Waals surface area contributed by atoms with Crippen LogP contribution >= 0.6 is 12.6 Å². The molecule has 0 aromatic rings. The first-order chi connectivity index (χ1) is 7.72. The first-order valence-electron chi connectivity index (χ1n) is 4.87. The van der Waals surface area contributed by atoms with E-state index in [1.165, 1.54) is 25.6 Å². The number of hydrogen-bond donors (Lipinski definition) is 3. The molecule has 0 spiro atoms. The van der Waals surface area contributed by atoms with Gasteiger partial charge in [0.2, 0.25) is 11.4 Å². The maximum atomic E-state index is 9.61. The Morgan fingerprint density at radius 1 is 1.12 bits per heavy atom. The Morgan fingerprint density at radius 2 is 1.59 bits per heavy atom. The van der Waals surface area contributed by atoms with E-state index in [0.717, 1.165) is 0 Å². The van der Waals surface area contributed by atoms with Crippen molar-refractivity contribution in [3.05, 3.63) is 21.7 Å². The van der Waals surface area contributed by atoms with E-state index < -0.39 is 8.07 Å². The van der Waals surface area contributed by atoms with Gasteiger partial charge in [0.1, 0.15) is 13.1 Å². The fourth-order valence-corrected chi connectivity index (χ4v) is 3.34. The lowest BCUT2D eigenvalue weighted by molar-refractivity contribution is 0.127. The second kappa shape index (κ2) is 6.92. The number of rotatable bonds is 5. The number of thiol groups is 1. The van der Waals surface area contributed by atoms with Crippen molar-refractivity contribution in [1.82, 2.24) is 0 Å². The molecule has 0 aromatic heterocycles. The summed E-state index contributed by atoms with van der Waals surface area (Å²) < 4.78 is 9.41. The maximum Gasteiger partial charge on any atom is 0.346 e. The summed E-state index contributed by atoms with van der Waals surface area (Å²) in [6.45, 7) is 6.46. The van der Waals surface area contributed by atoms with Crippen LogP contribution in [0, 0.1) is 0 Å². The molecule has 0 amide bonds. The van der Waals surface area contributed by atoms with Crippen molar-refractivity contribution < 1.29 is 19.7 Å². The van der Waals surface area contributed by atoms with Crippen LogP contribution in [0.4, 0.5) is 0 Å². The number of ether oxygens (including phenoxy) is 2. The van der Waals surface area contributed by atoms with Gasteiger partial charge in [0.25, 0.3) is 5.95 Å². The quantitative estimate of drug-likeness (QED) is 0.182. The van der Waals surface area contributed by atoms with Gasteiger partial charge in [0, 0.05) is 0 Å². The smallest absolute Gasteiger partial charge is 0.346 e. The molecule has 0 aromatic carbocycles. The maximum absolute atomic E-state index is 9.61. The van der Waals surface area contributed by atoms with Gasteiger partial charge in [-0.2, -0.15) is 0 Å². The SMILES string of the molecule is CO/C(O)=C(S)/C([S+]=C[Si](C)(C)C)=C(\O)OC. The average Bonchev–Trinajstić information content (AvgIpc) is 2.25. The Morgan fingerprint density at radius 3 is 1.94 bits per heavy atom. The van der Waals surface area contributed by atoms with Crippen molar-refractivity contribution in [3.8, 4) is 0 Å². The van der Waals surface area contributed by atoms with E-state index in [2.05, 4.69) is 37.0 Å². The first kappa shape index (κ1) is 16.3. The highest BCUT2D eigenvalue weighted by Gasteiger charge is 2.27. The van der Waals surface area contributed by atoms with E-state index in [1.54, 1.807) is 0 Å². The summed E-state index contributed by atoms with van der Waals surface area (Å²) in [5, 5.41) is 19.0. The molecule has 0 radical (unpaired) electrons. The molecule has 0 rings (SSSR count). The van der Waals surface area contributed by atoms with E-state index in [-0.39, 0.29) is 16.8 Å². The highest BCUT2D eigenvalue weighted by atomic mass is 32.1. The summed E-state index contributed by atoms with van der Waals surface area (Å²) in [7, 11) is 1.25. The largest absolute Gasteiger partial charge is 0.480 e. The number of hydrogen-bond acceptors (Lipinski definition) is 5. The second-order valence-corrected chi connectivity index (χ2v) is 11.1. The zero-order chi connectivity index (χ0) is 13.6. The molecule has 0 aliphatic heterocycles.